The van der Waals surface area contributed by atoms with Crippen molar-refractivity contribution in [1.29, 1.82) is 0 Å². The van der Waals surface area contributed by atoms with Gasteiger partial charge in [0.1, 0.15) is 18.1 Å². The summed E-state index contributed by atoms with van der Waals surface area (Å²) in [7, 11) is 0. The fourth-order valence-corrected chi connectivity index (χ4v) is 2.06. The minimum atomic E-state index is -0.672. The van der Waals surface area contributed by atoms with Crippen molar-refractivity contribution in [2.24, 2.45) is 0 Å². The van der Waals surface area contributed by atoms with Crippen LogP contribution in [0.5, 0.6) is 11.6 Å². The quantitative estimate of drug-likeness (QED) is 0.721. The standard InChI is InChI=1S/C17H13FN4O4/c18-11-1-4-13(5-2-11)26-16-6-3-12(9-19-16)20-15(24)10-22-8-7-14(23)21-17(22)25/h1-9H,10H2,(H,20,24)(H,21,23,25). The molecule has 1 aromatic carbocycles. The van der Waals surface area contributed by atoms with Gasteiger partial charge in [0.15, 0.2) is 0 Å². The van der Waals surface area contributed by atoms with Crippen LogP contribution >= 0.6 is 0 Å². The van der Waals surface area contributed by atoms with Crippen molar-refractivity contribution >= 4 is 11.6 Å². The molecule has 3 rings (SSSR count). The zero-order valence-corrected chi connectivity index (χ0v) is 13.3. The number of benzene rings is 1. The molecule has 0 saturated carbocycles. The normalized spacial score (nSPS) is 10.3. The number of nitrogens with one attached hydrogen (secondary N) is 2. The molecule has 0 aliphatic heterocycles. The Bertz CT molecular complexity index is 1030. The number of hydrogen-bond donors (Lipinski definition) is 2. The summed E-state index contributed by atoms with van der Waals surface area (Å²) in [5.74, 6) is -0.141. The Kier molecular flexibility index (Phi) is 4.88. The maximum Gasteiger partial charge on any atom is 0.328 e. The molecule has 0 radical (unpaired) electrons. The number of H-pyrrole nitrogens is 1. The number of carbonyl (C=O) groups is 1. The first-order valence-corrected chi connectivity index (χ1v) is 7.49. The van der Waals surface area contributed by atoms with E-state index in [0.717, 1.165) is 10.6 Å². The third-order valence-corrected chi connectivity index (χ3v) is 3.27. The van der Waals surface area contributed by atoms with Crippen LogP contribution < -0.4 is 21.3 Å². The third-order valence-electron chi connectivity index (χ3n) is 3.27. The summed E-state index contributed by atoms with van der Waals surface area (Å²) < 4.78 is 19.4. The number of amides is 1. The van der Waals surface area contributed by atoms with Gasteiger partial charge in [0.05, 0.1) is 11.9 Å². The summed E-state index contributed by atoms with van der Waals surface area (Å²) in [5.41, 5.74) is -0.805. The van der Waals surface area contributed by atoms with Crippen LogP contribution in [0.4, 0.5) is 10.1 Å². The average molecular weight is 356 g/mol. The van der Waals surface area contributed by atoms with Gasteiger partial charge in [-0.1, -0.05) is 0 Å². The molecule has 2 N–H and O–H groups in total. The van der Waals surface area contributed by atoms with E-state index in [0.29, 0.717) is 11.4 Å². The third kappa shape index (κ3) is 4.41. The number of aromatic amines is 1. The minimum Gasteiger partial charge on any atom is -0.439 e. The first-order chi connectivity index (χ1) is 12.5. The highest BCUT2D eigenvalue weighted by atomic mass is 19.1. The van der Waals surface area contributed by atoms with Gasteiger partial charge in [-0.25, -0.2) is 14.2 Å². The Balaban J connectivity index is 1.61. The zero-order chi connectivity index (χ0) is 18.5. The van der Waals surface area contributed by atoms with Crippen LogP contribution in [0, 0.1) is 5.82 Å². The Morgan fingerprint density at radius 3 is 2.58 bits per heavy atom. The Labute approximate surface area is 145 Å². The Morgan fingerprint density at radius 2 is 1.92 bits per heavy atom. The molecule has 0 unspecified atom stereocenters. The van der Waals surface area contributed by atoms with Gasteiger partial charge in [0, 0.05) is 18.3 Å². The molecule has 132 valence electrons. The number of hydrogen-bond acceptors (Lipinski definition) is 5. The van der Waals surface area contributed by atoms with Gasteiger partial charge in [0.25, 0.3) is 5.56 Å². The van der Waals surface area contributed by atoms with E-state index >= 15 is 0 Å². The highest BCUT2D eigenvalue weighted by molar-refractivity contribution is 5.90. The molecule has 2 heterocycles. The average Bonchev–Trinajstić information content (AvgIpc) is 2.61. The van der Waals surface area contributed by atoms with Gasteiger partial charge in [-0.3, -0.25) is 19.1 Å². The molecule has 0 fully saturated rings. The second kappa shape index (κ2) is 7.43. The number of nitrogens with zero attached hydrogens (tertiary/aromatic N) is 2. The molecule has 2 aromatic heterocycles. The molecule has 8 nitrogen and oxygen atoms in total. The lowest BCUT2D eigenvalue weighted by molar-refractivity contribution is -0.116. The van der Waals surface area contributed by atoms with Gasteiger partial charge < -0.3 is 10.1 Å². The molecule has 0 saturated heterocycles. The van der Waals surface area contributed by atoms with E-state index in [1.807, 2.05) is 0 Å². The molecule has 0 bridgehead atoms. The van der Waals surface area contributed by atoms with E-state index in [1.165, 1.54) is 42.7 Å². The molecule has 9 heteroatoms. The van der Waals surface area contributed by atoms with Crippen LogP contribution in [0.3, 0.4) is 0 Å². The lowest BCUT2D eigenvalue weighted by Crippen LogP contribution is -2.32. The van der Waals surface area contributed by atoms with Gasteiger partial charge >= 0.3 is 5.69 Å². The van der Waals surface area contributed by atoms with Crippen molar-refractivity contribution in [3.8, 4) is 11.6 Å². The minimum absolute atomic E-state index is 0.260. The van der Waals surface area contributed by atoms with Crippen LogP contribution in [0.25, 0.3) is 0 Å². The monoisotopic (exact) mass is 356 g/mol. The van der Waals surface area contributed by atoms with Crippen molar-refractivity contribution < 1.29 is 13.9 Å². The lowest BCUT2D eigenvalue weighted by Gasteiger charge is -2.08. The number of ether oxygens (including phenoxy) is 1. The number of carbonyl (C=O) groups excluding carboxylic acids is 1. The number of aromatic nitrogens is 3. The highest BCUT2D eigenvalue weighted by Crippen LogP contribution is 2.20. The largest absolute Gasteiger partial charge is 0.439 e. The first-order valence-electron chi connectivity index (χ1n) is 7.49. The SMILES string of the molecule is O=C(Cn1ccc(=O)[nH]c1=O)Nc1ccc(Oc2ccc(F)cc2)nc1. The Hall–Kier alpha value is -3.75. The fraction of sp³-hybridized carbons (Fsp3) is 0.0588. The van der Waals surface area contributed by atoms with Crippen LogP contribution in [-0.4, -0.2) is 20.4 Å². The zero-order valence-electron chi connectivity index (χ0n) is 13.3. The second-order valence-electron chi connectivity index (χ2n) is 5.23. The summed E-state index contributed by atoms with van der Waals surface area (Å²) in [5, 5.41) is 2.57. The van der Waals surface area contributed by atoms with Crippen LogP contribution in [0.2, 0.25) is 0 Å². The van der Waals surface area contributed by atoms with E-state index in [4.69, 9.17) is 4.74 Å². The molecule has 1 amide bonds. The van der Waals surface area contributed by atoms with E-state index in [1.54, 1.807) is 6.07 Å². The van der Waals surface area contributed by atoms with E-state index in [2.05, 4.69) is 15.3 Å². The van der Waals surface area contributed by atoms with Crippen molar-refractivity contribution in [3.05, 3.63) is 81.5 Å². The maximum atomic E-state index is 12.9. The topological polar surface area (TPSA) is 106 Å². The predicted molar refractivity (Wildman–Crippen MR) is 90.7 cm³/mol. The molecular formula is C17H13FN4O4. The number of pyridine rings is 1. The molecule has 0 spiro atoms. The van der Waals surface area contributed by atoms with Gasteiger partial charge in [-0.05, 0) is 30.3 Å². The van der Waals surface area contributed by atoms with Crippen molar-refractivity contribution in [3.63, 3.8) is 0 Å². The summed E-state index contributed by atoms with van der Waals surface area (Å²) >= 11 is 0. The summed E-state index contributed by atoms with van der Waals surface area (Å²) in [6.45, 7) is -0.260. The fourth-order valence-electron chi connectivity index (χ4n) is 2.06. The van der Waals surface area contributed by atoms with Gasteiger partial charge in [-0.2, -0.15) is 0 Å². The number of anilines is 1. The summed E-state index contributed by atoms with van der Waals surface area (Å²) in [6.07, 6.45) is 2.62. The van der Waals surface area contributed by atoms with Crippen LogP contribution in [-0.2, 0) is 11.3 Å². The smallest absolute Gasteiger partial charge is 0.328 e. The van der Waals surface area contributed by atoms with Crippen molar-refractivity contribution in [2.45, 2.75) is 6.54 Å². The van der Waals surface area contributed by atoms with Gasteiger partial charge in [0.2, 0.25) is 11.8 Å². The van der Waals surface area contributed by atoms with E-state index in [-0.39, 0.29) is 18.2 Å². The molecular weight excluding hydrogens is 343 g/mol. The van der Waals surface area contributed by atoms with Gasteiger partial charge in [-0.15, -0.1) is 0 Å². The second-order valence-corrected chi connectivity index (χ2v) is 5.23. The first kappa shape index (κ1) is 17.1. The van der Waals surface area contributed by atoms with Crippen molar-refractivity contribution in [1.82, 2.24) is 14.5 Å². The maximum absolute atomic E-state index is 12.9. The Morgan fingerprint density at radius 1 is 1.15 bits per heavy atom. The van der Waals surface area contributed by atoms with Crippen LogP contribution in [0.1, 0.15) is 0 Å². The predicted octanol–water partition coefficient (Wildman–Crippen LogP) is 1.50. The number of halogens is 1. The molecule has 0 aliphatic rings. The highest BCUT2D eigenvalue weighted by Gasteiger charge is 2.06. The van der Waals surface area contributed by atoms with Crippen LogP contribution in [0.15, 0.2) is 64.4 Å². The number of rotatable bonds is 5. The lowest BCUT2D eigenvalue weighted by atomic mass is 10.3. The molecule has 0 atom stereocenters. The van der Waals surface area contributed by atoms with E-state index < -0.39 is 17.2 Å². The van der Waals surface area contributed by atoms with Crippen molar-refractivity contribution in [2.75, 3.05) is 5.32 Å². The molecule has 0 aliphatic carbocycles. The molecule has 3 aromatic rings. The summed E-state index contributed by atoms with van der Waals surface area (Å²) in [6, 6.07) is 9.72. The van der Waals surface area contributed by atoms with E-state index in [9.17, 15) is 18.8 Å². The molecule has 26 heavy (non-hydrogen) atoms. The summed E-state index contributed by atoms with van der Waals surface area (Å²) in [4.78, 5) is 40.6.